The molecule has 1 heterocycles. The molecule has 1 aliphatic carbocycles. The van der Waals surface area contributed by atoms with Crippen LogP contribution in [0.25, 0.3) is 0 Å². The minimum atomic E-state index is -0.493. The number of primary amides is 1. The number of rotatable bonds is 8. The number of thiophene rings is 1. The van der Waals surface area contributed by atoms with Gasteiger partial charge in [-0.25, -0.2) is 0 Å². The monoisotopic (exact) mass is 495 g/mol. The van der Waals surface area contributed by atoms with Crippen LogP contribution in [0, 0.1) is 0 Å². The van der Waals surface area contributed by atoms with Crippen molar-refractivity contribution >= 4 is 45.5 Å². The number of carbonyl (C=O) groups is 2. The molecule has 0 radical (unpaired) electrons. The molecule has 4 N–H and O–H groups in total. The van der Waals surface area contributed by atoms with Crippen LogP contribution in [0.5, 0.6) is 11.5 Å². The van der Waals surface area contributed by atoms with Gasteiger partial charge in [-0.15, -0.1) is 11.3 Å². The quantitative estimate of drug-likeness (QED) is 0.318. The lowest BCUT2D eigenvalue weighted by Crippen LogP contribution is -2.34. The third-order valence-electron chi connectivity index (χ3n) is 5.36. The average molecular weight is 496 g/mol. The largest absolute Gasteiger partial charge is 0.490 e. The fraction of sp³-hybridized carbons (Fsp3) is 0.240. The van der Waals surface area contributed by atoms with Gasteiger partial charge in [-0.2, -0.15) is 0 Å². The number of thiocarbonyl (C=S) groups is 1. The van der Waals surface area contributed by atoms with Crippen molar-refractivity contribution in [2.75, 3.05) is 18.5 Å². The van der Waals surface area contributed by atoms with E-state index in [2.05, 4.69) is 10.6 Å². The van der Waals surface area contributed by atoms with Gasteiger partial charge in [-0.1, -0.05) is 30.3 Å². The van der Waals surface area contributed by atoms with E-state index in [0.29, 0.717) is 28.5 Å². The molecule has 3 aromatic rings. The maximum atomic E-state index is 12.9. The molecule has 9 heteroatoms. The summed E-state index contributed by atoms with van der Waals surface area (Å²) in [6.45, 7) is 0.601. The number of anilines is 1. The van der Waals surface area contributed by atoms with Crippen LogP contribution in [0.2, 0.25) is 0 Å². The van der Waals surface area contributed by atoms with Gasteiger partial charge < -0.3 is 20.5 Å². The number of para-hydroxylation sites is 2. The number of aryl methyl sites for hydroxylation is 1. The van der Waals surface area contributed by atoms with Gasteiger partial charge in [0.1, 0.15) is 29.7 Å². The molecule has 7 nitrogen and oxygen atoms in total. The Labute approximate surface area is 207 Å². The van der Waals surface area contributed by atoms with Crippen LogP contribution in [-0.2, 0) is 12.8 Å². The van der Waals surface area contributed by atoms with Crippen LogP contribution in [0.3, 0.4) is 0 Å². The van der Waals surface area contributed by atoms with Gasteiger partial charge in [0.15, 0.2) is 5.11 Å². The number of hydrogen-bond acceptors (Lipinski definition) is 6. The predicted molar refractivity (Wildman–Crippen MR) is 137 cm³/mol. The molecular weight excluding hydrogens is 470 g/mol. The van der Waals surface area contributed by atoms with Crippen molar-refractivity contribution in [3.05, 3.63) is 76.2 Å². The minimum Gasteiger partial charge on any atom is -0.490 e. The van der Waals surface area contributed by atoms with Gasteiger partial charge in [-0.05, 0) is 67.7 Å². The molecule has 0 unspecified atom stereocenters. The summed E-state index contributed by atoms with van der Waals surface area (Å²) in [6.07, 6.45) is 3.85. The molecule has 0 saturated carbocycles. The van der Waals surface area contributed by atoms with Crippen molar-refractivity contribution in [1.29, 1.82) is 0 Å². The Hall–Kier alpha value is -3.43. The summed E-state index contributed by atoms with van der Waals surface area (Å²) in [5.74, 6) is 0.259. The first-order valence-electron chi connectivity index (χ1n) is 11.0. The lowest BCUT2D eigenvalue weighted by Gasteiger charge is -2.13. The van der Waals surface area contributed by atoms with Gasteiger partial charge in [0.05, 0.1) is 11.1 Å². The van der Waals surface area contributed by atoms with E-state index >= 15 is 0 Å². The Morgan fingerprint density at radius 2 is 1.68 bits per heavy atom. The number of hydrogen-bond donors (Lipinski definition) is 3. The molecule has 2 amide bonds. The van der Waals surface area contributed by atoms with Crippen LogP contribution in [0.15, 0.2) is 54.6 Å². The molecule has 176 valence electrons. The first-order chi connectivity index (χ1) is 16.5. The van der Waals surface area contributed by atoms with Crippen molar-refractivity contribution in [2.45, 2.75) is 25.7 Å². The summed E-state index contributed by atoms with van der Waals surface area (Å²) in [4.78, 5) is 26.1. The summed E-state index contributed by atoms with van der Waals surface area (Å²) in [5.41, 5.74) is 7.44. The first-order valence-corrected chi connectivity index (χ1v) is 12.2. The molecule has 0 aliphatic heterocycles. The average Bonchev–Trinajstić information content (AvgIpc) is 3.20. The number of carbonyl (C=O) groups excluding carboxylic acids is 2. The summed E-state index contributed by atoms with van der Waals surface area (Å²) in [7, 11) is 0. The van der Waals surface area contributed by atoms with E-state index in [0.717, 1.165) is 41.9 Å². The van der Waals surface area contributed by atoms with Gasteiger partial charge in [0.2, 0.25) is 0 Å². The second-order valence-electron chi connectivity index (χ2n) is 7.69. The van der Waals surface area contributed by atoms with E-state index in [1.807, 2.05) is 30.3 Å². The molecule has 34 heavy (non-hydrogen) atoms. The Bertz CT molecular complexity index is 1190. The third kappa shape index (κ3) is 5.73. The number of nitrogens with one attached hydrogen (secondary N) is 2. The Morgan fingerprint density at radius 3 is 2.47 bits per heavy atom. The molecule has 0 atom stereocenters. The van der Waals surface area contributed by atoms with Crippen molar-refractivity contribution in [3.8, 4) is 11.5 Å². The van der Waals surface area contributed by atoms with Crippen LogP contribution < -0.4 is 25.8 Å². The maximum Gasteiger partial charge on any atom is 0.261 e. The second-order valence-corrected chi connectivity index (χ2v) is 9.21. The highest BCUT2D eigenvalue weighted by Crippen LogP contribution is 2.37. The molecule has 4 rings (SSSR count). The highest BCUT2D eigenvalue weighted by molar-refractivity contribution is 7.80. The van der Waals surface area contributed by atoms with Crippen molar-refractivity contribution in [1.82, 2.24) is 5.32 Å². The topological polar surface area (TPSA) is 103 Å². The van der Waals surface area contributed by atoms with E-state index in [9.17, 15) is 9.59 Å². The Balaban J connectivity index is 1.37. The van der Waals surface area contributed by atoms with E-state index < -0.39 is 11.8 Å². The minimum absolute atomic E-state index is 0.0910. The predicted octanol–water partition coefficient (Wildman–Crippen LogP) is 4.31. The van der Waals surface area contributed by atoms with Crippen LogP contribution in [-0.4, -0.2) is 30.1 Å². The normalized spacial score (nSPS) is 12.4. The Kier molecular flexibility index (Phi) is 7.76. The molecule has 0 saturated heterocycles. The van der Waals surface area contributed by atoms with Crippen LogP contribution >= 0.6 is 23.6 Å². The van der Waals surface area contributed by atoms with Crippen molar-refractivity contribution in [3.63, 3.8) is 0 Å². The van der Waals surface area contributed by atoms with E-state index in [1.54, 1.807) is 24.3 Å². The lowest BCUT2D eigenvalue weighted by molar-refractivity contribution is 0.0970. The zero-order chi connectivity index (χ0) is 23.9. The standard InChI is InChI=1S/C25H25N3O4S2/c26-22(29)21-18-11-5-7-13-20(18)34-24(21)28-25(33)27-23(30)17-10-4-6-12-19(17)32-15-14-31-16-8-2-1-3-9-16/h1-4,6,8-10,12H,5,7,11,13-15H2,(H2,26,29)(H2,27,28,30,33). The number of nitrogens with two attached hydrogens (primary N) is 1. The van der Waals surface area contributed by atoms with Gasteiger partial charge in [0.25, 0.3) is 11.8 Å². The lowest BCUT2D eigenvalue weighted by atomic mass is 9.95. The van der Waals surface area contributed by atoms with Crippen molar-refractivity contribution < 1.29 is 19.1 Å². The molecule has 0 bridgehead atoms. The van der Waals surface area contributed by atoms with E-state index in [4.69, 9.17) is 27.4 Å². The first kappa shape index (κ1) is 23.7. The van der Waals surface area contributed by atoms with Crippen molar-refractivity contribution in [2.24, 2.45) is 5.73 Å². The molecule has 0 spiro atoms. The number of fused-ring (bicyclic) bond motifs is 1. The summed E-state index contributed by atoms with van der Waals surface area (Å²) >= 11 is 6.82. The molecule has 2 aromatic carbocycles. The second kappa shape index (κ2) is 11.1. The fourth-order valence-electron chi connectivity index (χ4n) is 3.83. The molecule has 1 aromatic heterocycles. The number of amides is 2. The van der Waals surface area contributed by atoms with E-state index in [-0.39, 0.29) is 11.7 Å². The van der Waals surface area contributed by atoms with Gasteiger partial charge in [-0.3, -0.25) is 14.9 Å². The number of benzene rings is 2. The zero-order valence-corrected chi connectivity index (χ0v) is 20.1. The highest BCUT2D eigenvalue weighted by Gasteiger charge is 2.25. The Morgan fingerprint density at radius 1 is 0.971 bits per heavy atom. The summed E-state index contributed by atoms with van der Waals surface area (Å²) < 4.78 is 11.4. The molecule has 0 fully saturated rings. The maximum absolute atomic E-state index is 12.9. The molecular formula is C25H25N3O4S2. The fourth-order valence-corrected chi connectivity index (χ4v) is 5.39. The van der Waals surface area contributed by atoms with Crippen LogP contribution in [0.4, 0.5) is 5.00 Å². The highest BCUT2D eigenvalue weighted by atomic mass is 32.1. The number of ether oxygens (including phenoxy) is 2. The summed E-state index contributed by atoms with van der Waals surface area (Å²) in [5, 5.41) is 6.34. The third-order valence-corrected chi connectivity index (χ3v) is 6.77. The SMILES string of the molecule is NC(=O)c1c(NC(=S)NC(=O)c2ccccc2OCCOc2ccccc2)sc2c1CCCC2. The van der Waals surface area contributed by atoms with Gasteiger partial charge >= 0.3 is 0 Å². The summed E-state index contributed by atoms with van der Waals surface area (Å²) in [6, 6.07) is 16.3. The van der Waals surface area contributed by atoms with E-state index in [1.165, 1.54) is 11.3 Å². The zero-order valence-electron chi connectivity index (χ0n) is 18.5. The van der Waals surface area contributed by atoms with Gasteiger partial charge in [0, 0.05) is 4.88 Å². The van der Waals surface area contributed by atoms with Crippen LogP contribution in [0.1, 0.15) is 44.0 Å². The smallest absolute Gasteiger partial charge is 0.261 e. The molecule has 1 aliphatic rings.